The predicted octanol–water partition coefficient (Wildman–Crippen LogP) is 0.325. The van der Waals surface area contributed by atoms with Gasteiger partial charge in [-0.1, -0.05) is 26.2 Å². The summed E-state index contributed by atoms with van der Waals surface area (Å²) in [4.78, 5) is 24.9. The van der Waals surface area contributed by atoms with Gasteiger partial charge in [0.05, 0.1) is 0 Å². The van der Waals surface area contributed by atoms with Crippen molar-refractivity contribution in [2.45, 2.75) is 50.0 Å². The molecule has 20 heavy (non-hydrogen) atoms. The Kier molecular flexibility index (Phi) is 4.14. The van der Waals surface area contributed by atoms with Crippen LogP contribution in [0.5, 0.6) is 0 Å². The van der Waals surface area contributed by atoms with Gasteiger partial charge in [-0.05, 0) is 18.8 Å². The number of nitrogens with two attached hydrogens (primary N) is 1. The summed E-state index contributed by atoms with van der Waals surface area (Å²) < 4.78 is 24.0. The quantitative estimate of drug-likeness (QED) is 0.836. The lowest BCUT2D eigenvalue weighted by atomic mass is 9.84. The van der Waals surface area contributed by atoms with E-state index in [9.17, 15) is 18.0 Å². The highest BCUT2D eigenvalue weighted by Crippen LogP contribution is 2.33. The summed E-state index contributed by atoms with van der Waals surface area (Å²) in [5.41, 5.74) is -1.54. The van der Waals surface area contributed by atoms with Gasteiger partial charge in [0.15, 0.2) is 4.90 Å². The largest absolute Gasteiger partial charge is 0.328 e. The zero-order valence-corrected chi connectivity index (χ0v) is 12.1. The van der Waals surface area contributed by atoms with Crippen molar-refractivity contribution in [1.82, 2.24) is 9.55 Å². The highest BCUT2D eigenvalue weighted by Gasteiger charge is 2.25. The molecule has 0 aromatic carbocycles. The average molecular weight is 301 g/mol. The van der Waals surface area contributed by atoms with Crippen molar-refractivity contribution in [3.63, 3.8) is 0 Å². The number of nitrogens with one attached hydrogen (secondary N) is 1. The number of aromatic nitrogens is 2. The van der Waals surface area contributed by atoms with Crippen LogP contribution in [-0.4, -0.2) is 18.0 Å². The lowest BCUT2D eigenvalue weighted by Gasteiger charge is -2.29. The summed E-state index contributed by atoms with van der Waals surface area (Å²) in [7, 11) is -4.13. The predicted molar refractivity (Wildman–Crippen MR) is 74.0 cm³/mol. The fraction of sp³-hybridized carbons (Fsp3) is 0.667. The number of hydrogen-bond acceptors (Lipinski definition) is 4. The Balaban J connectivity index is 2.47. The fourth-order valence-electron chi connectivity index (χ4n) is 2.83. The van der Waals surface area contributed by atoms with Crippen LogP contribution in [0.3, 0.4) is 0 Å². The first-order valence-corrected chi connectivity index (χ1v) is 8.25. The van der Waals surface area contributed by atoms with E-state index in [1.807, 2.05) is 4.98 Å². The van der Waals surface area contributed by atoms with Gasteiger partial charge in [-0.3, -0.25) is 14.3 Å². The third kappa shape index (κ3) is 3.01. The Morgan fingerprint density at radius 1 is 1.40 bits per heavy atom. The summed E-state index contributed by atoms with van der Waals surface area (Å²) in [6.45, 7) is 2.10. The van der Waals surface area contributed by atoms with Crippen LogP contribution >= 0.6 is 0 Å². The van der Waals surface area contributed by atoms with Crippen molar-refractivity contribution in [2.24, 2.45) is 11.1 Å². The molecule has 2 rings (SSSR count). The van der Waals surface area contributed by atoms with Gasteiger partial charge in [0, 0.05) is 12.2 Å². The SMILES string of the molecule is CCC1CCCC(n2cc(S(N)(=O)=O)c(=O)[nH]c2=O)C1. The topological polar surface area (TPSA) is 115 Å². The minimum Gasteiger partial charge on any atom is -0.296 e. The van der Waals surface area contributed by atoms with E-state index in [1.165, 1.54) is 4.57 Å². The van der Waals surface area contributed by atoms with E-state index in [2.05, 4.69) is 6.92 Å². The monoisotopic (exact) mass is 301 g/mol. The van der Waals surface area contributed by atoms with Gasteiger partial charge in [0.25, 0.3) is 5.56 Å². The van der Waals surface area contributed by atoms with Crippen LogP contribution < -0.4 is 16.4 Å². The molecule has 1 heterocycles. The van der Waals surface area contributed by atoms with E-state index >= 15 is 0 Å². The summed E-state index contributed by atoms with van der Waals surface area (Å²) in [5, 5.41) is 5.00. The fourth-order valence-corrected chi connectivity index (χ4v) is 3.40. The van der Waals surface area contributed by atoms with Crippen LogP contribution in [-0.2, 0) is 10.0 Å². The van der Waals surface area contributed by atoms with Crippen LogP contribution in [0.1, 0.15) is 45.1 Å². The molecule has 2 atom stereocenters. The molecule has 1 saturated carbocycles. The Morgan fingerprint density at radius 2 is 2.10 bits per heavy atom. The number of hydrogen-bond donors (Lipinski definition) is 2. The maximum absolute atomic E-state index is 11.9. The van der Waals surface area contributed by atoms with E-state index in [1.54, 1.807) is 0 Å². The van der Waals surface area contributed by atoms with E-state index in [0.29, 0.717) is 5.92 Å². The molecular weight excluding hydrogens is 282 g/mol. The Labute approximate surface area is 116 Å². The molecule has 2 unspecified atom stereocenters. The molecule has 1 aromatic rings. The van der Waals surface area contributed by atoms with Crippen LogP contribution in [0.15, 0.2) is 20.7 Å². The summed E-state index contributed by atoms with van der Waals surface area (Å²) in [6, 6.07) is -0.0847. The average Bonchev–Trinajstić information content (AvgIpc) is 2.37. The molecule has 0 radical (unpaired) electrons. The highest BCUT2D eigenvalue weighted by molar-refractivity contribution is 7.89. The standard InChI is InChI=1S/C12H19N3O4S/c1-2-8-4-3-5-9(6-8)15-7-10(20(13,18)19)11(16)14-12(15)17/h7-9H,2-6H2,1H3,(H2,13,18,19)(H,14,16,17). The number of sulfonamides is 1. The van der Waals surface area contributed by atoms with Crippen LogP contribution in [0.2, 0.25) is 0 Å². The van der Waals surface area contributed by atoms with E-state index in [-0.39, 0.29) is 6.04 Å². The molecule has 112 valence electrons. The molecule has 3 N–H and O–H groups in total. The molecule has 0 spiro atoms. The van der Waals surface area contributed by atoms with Crippen molar-refractivity contribution in [2.75, 3.05) is 0 Å². The van der Waals surface area contributed by atoms with Gasteiger partial charge >= 0.3 is 5.69 Å². The molecule has 1 fully saturated rings. The van der Waals surface area contributed by atoms with Crippen LogP contribution in [0, 0.1) is 5.92 Å². The molecule has 1 aliphatic carbocycles. The number of H-pyrrole nitrogens is 1. The summed E-state index contributed by atoms with van der Waals surface area (Å²) in [5.74, 6) is 0.519. The Morgan fingerprint density at radius 3 is 2.70 bits per heavy atom. The van der Waals surface area contributed by atoms with Crippen molar-refractivity contribution >= 4 is 10.0 Å². The molecule has 0 aliphatic heterocycles. The summed E-state index contributed by atoms with van der Waals surface area (Å²) >= 11 is 0. The molecule has 0 saturated heterocycles. The zero-order chi connectivity index (χ0) is 14.9. The molecule has 8 heteroatoms. The Hall–Kier alpha value is -1.41. The zero-order valence-electron chi connectivity index (χ0n) is 11.3. The van der Waals surface area contributed by atoms with Crippen molar-refractivity contribution in [3.8, 4) is 0 Å². The van der Waals surface area contributed by atoms with E-state index < -0.39 is 26.2 Å². The minimum absolute atomic E-state index is 0.0847. The van der Waals surface area contributed by atoms with Crippen molar-refractivity contribution in [1.29, 1.82) is 0 Å². The number of primary sulfonamides is 1. The first-order chi connectivity index (χ1) is 9.32. The van der Waals surface area contributed by atoms with E-state index in [0.717, 1.165) is 38.3 Å². The van der Waals surface area contributed by atoms with Crippen molar-refractivity contribution in [3.05, 3.63) is 27.0 Å². The molecule has 1 aromatic heterocycles. The molecular formula is C12H19N3O4S. The smallest absolute Gasteiger partial charge is 0.296 e. The highest BCUT2D eigenvalue weighted by atomic mass is 32.2. The molecule has 0 amide bonds. The van der Waals surface area contributed by atoms with Crippen LogP contribution in [0.25, 0.3) is 0 Å². The summed E-state index contributed by atoms with van der Waals surface area (Å²) in [6.07, 6.45) is 5.82. The van der Waals surface area contributed by atoms with Crippen molar-refractivity contribution < 1.29 is 8.42 Å². The molecule has 7 nitrogen and oxygen atoms in total. The third-order valence-electron chi connectivity index (χ3n) is 3.97. The van der Waals surface area contributed by atoms with Gasteiger partial charge in [0.1, 0.15) is 0 Å². The van der Waals surface area contributed by atoms with Crippen LogP contribution in [0.4, 0.5) is 0 Å². The first-order valence-electron chi connectivity index (χ1n) is 6.71. The van der Waals surface area contributed by atoms with Gasteiger partial charge < -0.3 is 0 Å². The maximum Gasteiger partial charge on any atom is 0.328 e. The number of aromatic amines is 1. The number of nitrogens with zero attached hydrogens (tertiary/aromatic N) is 1. The maximum atomic E-state index is 11.9. The first kappa shape index (κ1) is 15.0. The molecule has 1 aliphatic rings. The van der Waals surface area contributed by atoms with E-state index in [4.69, 9.17) is 5.14 Å². The van der Waals surface area contributed by atoms with Gasteiger partial charge in [-0.15, -0.1) is 0 Å². The molecule has 0 bridgehead atoms. The second kappa shape index (κ2) is 5.53. The Bertz CT molecular complexity index is 704. The van der Waals surface area contributed by atoms with Gasteiger partial charge in [0.2, 0.25) is 10.0 Å². The number of rotatable bonds is 3. The third-order valence-corrected chi connectivity index (χ3v) is 4.87. The minimum atomic E-state index is -4.13. The second-order valence-electron chi connectivity index (χ2n) is 5.30. The lowest BCUT2D eigenvalue weighted by Crippen LogP contribution is -2.37. The lowest BCUT2D eigenvalue weighted by molar-refractivity contribution is 0.254. The second-order valence-corrected chi connectivity index (χ2v) is 6.83. The van der Waals surface area contributed by atoms with Gasteiger partial charge in [-0.2, -0.15) is 0 Å². The normalized spacial score (nSPS) is 23.7. The van der Waals surface area contributed by atoms with Gasteiger partial charge in [-0.25, -0.2) is 18.4 Å².